The van der Waals surface area contributed by atoms with Gasteiger partial charge in [-0.2, -0.15) is 13.2 Å². The average molecular weight is 552 g/mol. The number of hydrogen-bond acceptors (Lipinski definition) is 6. The molecule has 0 radical (unpaired) electrons. The number of rotatable bonds is 11. The minimum absolute atomic E-state index is 0.0860. The van der Waals surface area contributed by atoms with Crippen LogP contribution in [0.25, 0.3) is 22.2 Å². The Kier molecular flexibility index (Phi) is 8.85. The van der Waals surface area contributed by atoms with Crippen LogP contribution in [0.5, 0.6) is 0 Å². The van der Waals surface area contributed by atoms with E-state index >= 15 is 0 Å². The summed E-state index contributed by atoms with van der Waals surface area (Å²) < 4.78 is 61.1. The molecular formula is C27H37F3N5O2P. The number of benzene rings is 1. The molecule has 0 saturated heterocycles. The van der Waals surface area contributed by atoms with E-state index in [1.54, 1.807) is 13.3 Å². The fraction of sp³-hybridized carbons (Fsp3) is 0.556. The van der Waals surface area contributed by atoms with E-state index < -0.39 is 18.9 Å². The van der Waals surface area contributed by atoms with Crippen molar-refractivity contribution in [1.82, 2.24) is 15.0 Å². The topological polar surface area (TPSA) is 106 Å². The fourth-order valence-electron chi connectivity index (χ4n) is 5.32. The maximum atomic E-state index is 14.0. The number of anilines is 1. The number of H-pyrrole nitrogens is 1. The molecule has 1 atom stereocenters. The Morgan fingerprint density at radius 1 is 1.24 bits per heavy atom. The fourth-order valence-corrected chi connectivity index (χ4v) is 6.96. The van der Waals surface area contributed by atoms with Crippen molar-refractivity contribution in [1.29, 1.82) is 0 Å². The number of halogens is 3. The summed E-state index contributed by atoms with van der Waals surface area (Å²) in [6.45, 7) is 7.03. The predicted molar refractivity (Wildman–Crippen MR) is 147 cm³/mol. The second-order valence-corrected chi connectivity index (χ2v) is 13.7. The van der Waals surface area contributed by atoms with Crippen LogP contribution in [0.3, 0.4) is 0 Å². The van der Waals surface area contributed by atoms with E-state index in [0.717, 1.165) is 50.3 Å². The SMILES string of the molecule is CC(CCCOCCN)c1ccc2c(-c3nc(NC4CCCC4)ncc3C(F)(F)F)c[nH]c2c1P(C)(C)=O. The number of nitrogens with one attached hydrogen (secondary N) is 2. The van der Waals surface area contributed by atoms with Gasteiger partial charge in [0.15, 0.2) is 0 Å². The molecule has 1 unspecified atom stereocenters. The van der Waals surface area contributed by atoms with Gasteiger partial charge in [-0.05, 0) is 50.5 Å². The highest BCUT2D eigenvalue weighted by molar-refractivity contribution is 7.70. The molecule has 0 spiro atoms. The van der Waals surface area contributed by atoms with E-state index in [1.165, 1.54) is 6.20 Å². The third-order valence-electron chi connectivity index (χ3n) is 7.16. The maximum Gasteiger partial charge on any atom is 0.419 e. The first-order chi connectivity index (χ1) is 18.0. The van der Waals surface area contributed by atoms with Crippen LogP contribution in [0, 0.1) is 0 Å². The standard InChI is InChI=1S/C27H37F3N5O2P/c1-17(7-6-13-37-14-12-31)19-10-11-20-21(15-32-24(20)25(19)38(2,3)36)23-22(27(28,29)30)16-33-26(35-23)34-18-8-4-5-9-18/h10-11,15-18,32H,4-9,12-14,31H2,1-3H3,(H,33,34,35). The van der Waals surface area contributed by atoms with Gasteiger partial charge in [0.2, 0.25) is 5.95 Å². The monoisotopic (exact) mass is 551 g/mol. The predicted octanol–water partition coefficient (Wildman–Crippen LogP) is 6.11. The number of alkyl halides is 3. The average Bonchev–Trinajstić information content (AvgIpc) is 3.51. The molecule has 3 aromatic rings. The summed E-state index contributed by atoms with van der Waals surface area (Å²) in [6, 6.07) is 3.86. The highest BCUT2D eigenvalue weighted by atomic mass is 31.2. The Morgan fingerprint density at radius 3 is 2.63 bits per heavy atom. The van der Waals surface area contributed by atoms with E-state index in [0.29, 0.717) is 41.5 Å². The van der Waals surface area contributed by atoms with Gasteiger partial charge >= 0.3 is 6.18 Å². The minimum Gasteiger partial charge on any atom is -0.380 e. The zero-order valence-corrected chi connectivity index (χ0v) is 23.1. The number of hydrogen-bond donors (Lipinski definition) is 3. The lowest BCUT2D eigenvalue weighted by molar-refractivity contribution is -0.137. The molecular weight excluding hydrogens is 514 g/mol. The van der Waals surface area contributed by atoms with Gasteiger partial charge in [-0.1, -0.05) is 31.9 Å². The van der Waals surface area contributed by atoms with Gasteiger partial charge in [0.1, 0.15) is 12.7 Å². The first-order valence-corrected chi connectivity index (χ1v) is 15.8. The van der Waals surface area contributed by atoms with Crippen LogP contribution in [0.15, 0.2) is 24.5 Å². The Balaban J connectivity index is 1.76. The molecule has 4 N–H and O–H groups in total. The minimum atomic E-state index is -4.63. The zero-order valence-electron chi connectivity index (χ0n) is 22.2. The van der Waals surface area contributed by atoms with Crippen LogP contribution >= 0.6 is 7.14 Å². The van der Waals surface area contributed by atoms with Crippen LogP contribution in [-0.2, 0) is 15.5 Å². The molecule has 38 heavy (non-hydrogen) atoms. The van der Waals surface area contributed by atoms with Gasteiger partial charge in [0, 0.05) is 47.8 Å². The van der Waals surface area contributed by atoms with Gasteiger partial charge < -0.3 is 25.3 Å². The lowest BCUT2D eigenvalue weighted by Gasteiger charge is -2.20. The largest absolute Gasteiger partial charge is 0.419 e. The van der Waals surface area contributed by atoms with E-state index in [9.17, 15) is 17.7 Å². The van der Waals surface area contributed by atoms with Crippen molar-refractivity contribution in [2.45, 2.75) is 63.6 Å². The van der Waals surface area contributed by atoms with Gasteiger partial charge in [0.05, 0.1) is 17.8 Å². The van der Waals surface area contributed by atoms with Crippen LogP contribution in [0.4, 0.5) is 19.1 Å². The number of nitrogens with two attached hydrogens (primary N) is 1. The number of aromatic nitrogens is 3. The number of nitrogens with zero attached hydrogens (tertiary/aromatic N) is 2. The third-order valence-corrected chi connectivity index (χ3v) is 8.71. The van der Waals surface area contributed by atoms with E-state index in [2.05, 4.69) is 27.2 Å². The summed E-state index contributed by atoms with van der Waals surface area (Å²) in [4.78, 5) is 11.5. The molecule has 11 heteroatoms. The Bertz CT molecular complexity index is 1300. The van der Waals surface area contributed by atoms with Crippen molar-refractivity contribution in [3.05, 3.63) is 35.7 Å². The van der Waals surface area contributed by atoms with Crippen molar-refractivity contribution in [3.63, 3.8) is 0 Å². The van der Waals surface area contributed by atoms with Crippen molar-refractivity contribution in [3.8, 4) is 11.3 Å². The van der Waals surface area contributed by atoms with Crippen molar-refractivity contribution in [2.24, 2.45) is 5.73 Å². The first-order valence-electron chi connectivity index (χ1n) is 13.2. The van der Waals surface area contributed by atoms with Gasteiger partial charge in [-0.25, -0.2) is 9.97 Å². The normalized spacial score (nSPS) is 15.9. The Hall–Kier alpha value is -2.42. The molecule has 1 aromatic carbocycles. The highest BCUT2D eigenvalue weighted by Gasteiger charge is 2.37. The number of aromatic amines is 1. The van der Waals surface area contributed by atoms with Crippen LogP contribution in [0.2, 0.25) is 0 Å². The molecule has 208 valence electrons. The highest BCUT2D eigenvalue weighted by Crippen LogP contribution is 2.44. The molecule has 1 saturated carbocycles. The van der Waals surface area contributed by atoms with Crippen molar-refractivity contribution >= 4 is 29.3 Å². The molecule has 2 heterocycles. The van der Waals surface area contributed by atoms with Crippen molar-refractivity contribution < 1.29 is 22.5 Å². The van der Waals surface area contributed by atoms with Gasteiger partial charge in [-0.3, -0.25) is 0 Å². The zero-order chi connectivity index (χ0) is 27.5. The summed E-state index contributed by atoms with van der Waals surface area (Å²) in [5.41, 5.74) is 6.22. The second-order valence-electron chi connectivity index (χ2n) is 10.5. The van der Waals surface area contributed by atoms with E-state index in [-0.39, 0.29) is 23.6 Å². The molecule has 7 nitrogen and oxygen atoms in total. The molecule has 4 rings (SSSR count). The van der Waals surface area contributed by atoms with E-state index in [1.807, 2.05) is 12.1 Å². The molecule has 1 aliphatic carbocycles. The molecule has 0 bridgehead atoms. The number of fused-ring (bicyclic) bond motifs is 1. The smallest absolute Gasteiger partial charge is 0.380 e. The summed E-state index contributed by atoms with van der Waals surface area (Å²) in [5.74, 6) is 0.274. The summed E-state index contributed by atoms with van der Waals surface area (Å²) >= 11 is 0. The maximum absolute atomic E-state index is 14.0. The Labute approximate surface area is 221 Å². The van der Waals surface area contributed by atoms with Crippen LogP contribution in [-0.4, -0.2) is 54.1 Å². The van der Waals surface area contributed by atoms with Crippen molar-refractivity contribution in [2.75, 3.05) is 38.4 Å². The summed E-state index contributed by atoms with van der Waals surface area (Å²) in [6.07, 6.45) is 3.44. The molecule has 1 aliphatic rings. The number of ether oxygens (including phenoxy) is 1. The quantitative estimate of drug-likeness (QED) is 0.196. The second kappa shape index (κ2) is 11.8. The van der Waals surface area contributed by atoms with E-state index in [4.69, 9.17) is 10.5 Å². The Morgan fingerprint density at radius 2 is 1.97 bits per heavy atom. The van der Waals surface area contributed by atoms with Crippen LogP contribution in [0.1, 0.15) is 62.5 Å². The lowest BCUT2D eigenvalue weighted by atomic mass is 9.94. The van der Waals surface area contributed by atoms with Gasteiger partial charge in [0.25, 0.3) is 0 Å². The summed E-state index contributed by atoms with van der Waals surface area (Å²) in [5, 5.41) is 4.43. The molecule has 0 amide bonds. The lowest BCUT2D eigenvalue weighted by Crippen LogP contribution is -2.18. The molecule has 1 fully saturated rings. The first kappa shape index (κ1) is 28.6. The van der Waals surface area contributed by atoms with Crippen LogP contribution < -0.4 is 16.4 Å². The third kappa shape index (κ3) is 6.41. The summed E-state index contributed by atoms with van der Waals surface area (Å²) in [7, 11) is -2.80. The molecule has 0 aliphatic heterocycles. The molecule has 2 aromatic heterocycles. The van der Waals surface area contributed by atoms with Gasteiger partial charge in [-0.15, -0.1) is 0 Å².